The first-order valence-corrected chi connectivity index (χ1v) is 12.9. The van der Waals surface area contributed by atoms with E-state index in [1.807, 2.05) is 30.3 Å². The van der Waals surface area contributed by atoms with Crippen LogP contribution in [-0.4, -0.2) is 44.0 Å². The minimum atomic E-state index is -3.34. The molecule has 0 radical (unpaired) electrons. The number of hydrogen-bond acceptors (Lipinski definition) is 4. The number of ether oxygens (including phenoxy) is 1. The Balaban J connectivity index is 1.58. The third-order valence-electron chi connectivity index (χ3n) is 7.02. The molecule has 0 aliphatic carbocycles. The van der Waals surface area contributed by atoms with Gasteiger partial charge in [0.2, 0.25) is 10.0 Å². The van der Waals surface area contributed by atoms with E-state index in [4.69, 9.17) is 9.84 Å². The second-order valence-electron chi connectivity index (χ2n) is 8.85. The Hall–Kier alpha value is -1.44. The Bertz CT molecular complexity index is 797. The molecular weight excluding hydrogens is 402 g/mol. The molecule has 1 aromatic rings. The molecule has 0 aromatic heterocycles. The monoisotopic (exact) mass is 437 g/mol. The molecule has 2 N–H and O–H groups in total. The number of aliphatic carboxylic acids is 1. The molecule has 168 valence electrons. The molecule has 4 atom stereocenters. The molecule has 3 rings (SSSR count). The summed E-state index contributed by atoms with van der Waals surface area (Å²) in [6.07, 6.45) is 7.46. The predicted octanol–water partition coefficient (Wildman–Crippen LogP) is 3.76. The van der Waals surface area contributed by atoms with Gasteiger partial charge in [0.1, 0.15) is 0 Å². The van der Waals surface area contributed by atoms with Crippen LogP contribution in [0.15, 0.2) is 30.3 Å². The minimum absolute atomic E-state index is 0.0435. The van der Waals surface area contributed by atoms with Gasteiger partial charge in [-0.15, -0.1) is 0 Å². The van der Waals surface area contributed by atoms with E-state index in [-0.39, 0.29) is 29.8 Å². The van der Waals surface area contributed by atoms with Crippen molar-refractivity contribution in [1.29, 1.82) is 0 Å². The summed E-state index contributed by atoms with van der Waals surface area (Å²) in [4.78, 5) is 10.9. The fourth-order valence-corrected chi connectivity index (χ4v) is 6.60. The van der Waals surface area contributed by atoms with E-state index in [9.17, 15) is 13.2 Å². The van der Waals surface area contributed by atoms with E-state index in [1.165, 1.54) is 0 Å². The van der Waals surface area contributed by atoms with Gasteiger partial charge in [-0.25, -0.2) is 13.1 Å². The lowest BCUT2D eigenvalue weighted by atomic mass is 9.61. The van der Waals surface area contributed by atoms with Crippen molar-refractivity contribution in [2.45, 2.75) is 76.9 Å². The summed E-state index contributed by atoms with van der Waals surface area (Å²) < 4.78 is 34.1. The van der Waals surface area contributed by atoms with Crippen LogP contribution in [0.25, 0.3) is 0 Å². The summed E-state index contributed by atoms with van der Waals surface area (Å²) in [5.74, 6) is -0.308. The Morgan fingerprint density at radius 2 is 2.07 bits per heavy atom. The third kappa shape index (κ3) is 5.83. The number of rotatable bonds is 13. The highest BCUT2D eigenvalue weighted by Crippen LogP contribution is 2.56. The Morgan fingerprint density at radius 3 is 2.67 bits per heavy atom. The molecule has 0 spiro atoms. The van der Waals surface area contributed by atoms with E-state index in [1.54, 1.807) is 0 Å². The third-order valence-corrected chi connectivity index (χ3v) is 8.41. The number of sulfonamides is 1. The Morgan fingerprint density at radius 1 is 1.30 bits per heavy atom. The fraction of sp³-hybridized carbons (Fsp3) is 0.696. The van der Waals surface area contributed by atoms with Gasteiger partial charge in [-0.1, -0.05) is 43.7 Å². The van der Waals surface area contributed by atoms with Gasteiger partial charge in [0.05, 0.1) is 18.0 Å². The Kier molecular flexibility index (Phi) is 7.93. The normalized spacial score (nSPS) is 26.7. The van der Waals surface area contributed by atoms with Crippen LogP contribution in [0, 0.1) is 11.3 Å². The fourth-order valence-electron chi connectivity index (χ4n) is 5.54. The van der Waals surface area contributed by atoms with E-state index in [2.05, 4.69) is 11.6 Å². The molecule has 4 unspecified atom stereocenters. The summed E-state index contributed by atoms with van der Waals surface area (Å²) >= 11 is 0. The first kappa shape index (κ1) is 23.2. The standard InChI is InChI=1S/C23H35NO5S/c1-2-19(9-6-10-22(25)26)23(17-20-11-12-21(23)29-20)14-15-24-30(27,28)16-13-18-7-4-3-5-8-18/h3-5,7-8,19-21,24H,2,6,9-17H2,1H3,(H,25,26). The van der Waals surface area contributed by atoms with Crippen LogP contribution in [0.3, 0.4) is 0 Å². The number of fused-ring (bicyclic) bond motifs is 2. The van der Waals surface area contributed by atoms with Gasteiger partial charge in [0.15, 0.2) is 0 Å². The molecule has 2 heterocycles. The van der Waals surface area contributed by atoms with Crippen molar-refractivity contribution in [3.05, 3.63) is 35.9 Å². The lowest BCUT2D eigenvalue weighted by Gasteiger charge is -2.42. The number of benzene rings is 1. The average molecular weight is 438 g/mol. The highest BCUT2D eigenvalue weighted by molar-refractivity contribution is 7.89. The average Bonchev–Trinajstić information content (AvgIpc) is 3.32. The molecule has 2 fully saturated rings. The van der Waals surface area contributed by atoms with Crippen LogP contribution >= 0.6 is 0 Å². The molecule has 7 heteroatoms. The second kappa shape index (κ2) is 10.2. The van der Waals surface area contributed by atoms with Crippen LogP contribution < -0.4 is 4.72 Å². The zero-order valence-corrected chi connectivity index (χ0v) is 18.7. The maximum absolute atomic E-state index is 12.5. The minimum Gasteiger partial charge on any atom is -0.481 e. The molecule has 6 nitrogen and oxygen atoms in total. The maximum atomic E-state index is 12.5. The summed E-state index contributed by atoms with van der Waals surface area (Å²) in [5.41, 5.74) is 0.975. The highest BCUT2D eigenvalue weighted by atomic mass is 32.2. The number of carboxylic acid groups (broad SMARTS) is 1. The topological polar surface area (TPSA) is 92.7 Å². The van der Waals surface area contributed by atoms with Gasteiger partial charge >= 0.3 is 5.97 Å². The molecule has 0 saturated carbocycles. The zero-order valence-electron chi connectivity index (χ0n) is 17.9. The van der Waals surface area contributed by atoms with E-state index in [0.29, 0.717) is 25.3 Å². The van der Waals surface area contributed by atoms with Gasteiger partial charge in [0.25, 0.3) is 0 Å². The zero-order chi connectivity index (χ0) is 21.6. The van der Waals surface area contributed by atoms with Crippen molar-refractivity contribution in [3.63, 3.8) is 0 Å². The second-order valence-corrected chi connectivity index (χ2v) is 10.8. The van der Waals surface area contributed by atoms with Gasteiger partial charge in [-0.05, 0) is 56.4 Å². The number of carboxylic acids is 1. The summed E-state index contributed by atoms with van der Waals surface area (Å²) in [7, 11) is -3.34. The van der Waals surface area contributed by atoms with Crippen LogP contribution in [0.2, 0.25) is 0 Å². The van der Waals surface area contributed by atoms with Crippen LogP contribution in [0.1, 0.15) is 63.9 Å². The van der Waals surface area contributed by atoms with E-state index in [0.717, 1.165) is 44.1 Å². The van der Waals surface area contributed by atoms with Gasteiger partial charge < -0.3 is 9.84 Å². The Labute approximate surface area is 180 Å². The number of nitrogens with one attached hydrogen (secondary N) is 1. The summed E-state index contributed by atoms with van der Waals surface area (Å²) in [5, 5.41) is 9.00. The van der Waals surface area contributed by atoms with Crippen LogP contribution in [0.5, 0.6) is 0 Å². The lowest BCUT2D eigenvalue weighted by Crippen LogP contribution is -2.43. The van der Waals surface area contributed by atoms with Crippen LogP contribution in [-0.2, 0) is 26.0 Å². The van der Waals surface area contributed by atoms with Crippen molar-refractivity contribution in [2.75, 3.05) is 12.3 Å². The summed E-state index contributed by atoms with van der Waals surface area (Å²) in [6.45, 7) is 2.57. The molecule has 2 saturated heterocycles. The predicted molar refractivity (Wildman–Crippen MR) is 117 cm³/mol. The SMILES string of the molecule is CCC(CCCC(=O)O)C1(CCNS(=O)(=O)CCc2ccccc2)CC2CCC1O2. The molecule has 2 bridgehead atoms. The molecule has 0 amide bonds. The number of carbonyl (C=O) groups is 1. The van der Waals surface area contributed by atoms with Gasteiger partial charge in [-0.2, -0.15) is 0 Å². The lowest BCUT2D eigenvalue weighted by molar-refractivity contribution is -0.137. The van der Waals surface area contributed by atoms with Crippen molar-refractivity contribution in [1.82, 2.24) is 4.72 Å². The number of hydrogen-bond donors (Lipinski definition) is 2. The van der Waals surface area contributed by atoms with E-state index >= 15 is 0 Å². The molecule has 2 aliphatic rings. The van der Waals surface area contributed by atoms with Gasteiger partial charge in [-0.3, -0.25) is 4.79 Å². The summed E-state index contributed by atoms with van der Waals surface area (Å²) in [6, 6.07) is 9.65. The van der Waals surface area contributed by atoms with Crippen molar-refractivity contribution in [2.24, 2.45) is 11.3 Å². The smallest absolute Gasteiger partial charge is 0.303 e. The highest BCUT2D eigenvalue weighted by Gasteiger charge is 2.54. The van der Waals surface area contributed by atoms with Gasteiger partial charge in [0, 0.05) is 18.4 Å². The first-order chi connectivity index (χ1) is 14.3. The van der Waals surface area contributed by atoms with Crippen molar-refractivity contribution < 1.29 is 23.1 Å². The van der Waals surface area contributed by atoms with E-state index < -0.39 is 16.0 Å². The molecule has 1 aromatic carbocycles. The largest absolute Gasteiger partial charge is 0.481 e. The quantitative estimate of drug-likeness (QED) is 0.490. The van der Waals surface area contributed by atoms with Crippen molar-refractivity contribution in [3.8, 4) is 0 Å². The van der Waals surface area contributed by atoms with Crippen molar-refractivity contribution >= 4 is 16.0 Å². The molecule has 30 heavy (non-hydrogen) atoms. The van der Waals surface area contributed by atoms with Crippen LogP contribution in [0.4, 0.5) is 0 Å². The maximum Gasteiger partial charge on any atom is 0.303 e. The first-order valence-electron chi connectivity index (χ1n) is 11.2. The molecule has 2 aliphatic heterocycles. The number of aryl methyl sites for hydroxylation is 1. The molecular formula is C23H35NO5S.